The number of nitrogens with zero attached hydrogens (tertiary/aromatic N) is 2. The van der Waals surface area contributed by atoms with E-state index in [9.17, 15) is 0 Å². The Bertz CT molecular complexity index is 1140. The number of quaternary nitrogens is 1. The number of hydrogen-bond donors (Lipinski definition) is 2. The summed E-state index contributed by atoms with van der Waals surface area (Å²) in [5, 5.41) is 0. The second-order valence-electron chi connectivity index (χ2n) is 7.28. The number of ether oxygens (including phenoxy) is 2. The van der Waals surface area contributed by atoms with Crippen LogP contribution in [0.2, 0.25) is 0 Å². The summed E-state index contributed by atoms with van der Waals surface area (Å²) in [6, 6.07) is 14.7. The molecule has 4 aromatic rings. The van der Waals surface area contributed by atoms with Crippen LogP contribution in [0.25, 0.3) is 28.1 Å². The molecule has 0 saturated heterocycles. The van der Waals surface area contributed by atoms with Crippen LogP contribution in [0.5, 0.6) is 11.5 Å². The average molecular weight is 378 g/mol. The second kappa shape index (κ2) is 6.87. The molecule has 0 bridgehead atoms. The predicted octanol–water partition coefficient (Wildman–Crippen LogP) is 2.03. The Kier molecular flexibility index (Phi) is 4.20. The maximum Gasteiger partial charge on any atom is 0.368 e. The number of nitrogens with one attached hydrogen (secondary N) is 2. The molecular formula is C22H26N4O2+2. The zero-order valence-electron chi connectivity index (χ0n) is 16.4. The smallest absolute Gasteiger partial charge is 0.368 e. The molecule has 6 heteroatoms. The summed E-state index contributed by atoms with van der Waals surface area (Å²) in [6.45, 7) is 9.20. The molecule has 0 aliphatic carbocycles. The van der Waals surface area contributed by atoms with Gasteiger partial charge in [0.15, 0.2) is 11.5 Å². The van der Waals surface area contributed by atoms with Gasteiger partial charge in [-0.3, -0.25) is 0 Å². The van der Waals surface area contributed by atoms with E-state index in [0.29, 0.717) is 6.79 Å². The highest BCUT2D eigenvalue weighted by Crippen LogP contribution is 2.35. The van der Waals surface area contributed by atoms with Crippen LogP contribution in [0, 0.1) is 0 Å². The van der Waals surface area contributed by atoms with Gasteiger partial charge in [0, 0.05) is 5.56 Å². The number of imidazole rings is 2. The first-order valence-electron chi connectivity index (χ1n) is 10.0. The molecule has 2 N–H and O–H groups in total. The van der Waals surface area contributed by atoms with E-state index < -0.39 is 0 Å². The van der Waals surface area contributed by atoms with Crippen molar-refractivity contribution >= 4 is 16.8 Å². The van der Waals surface area contributed by atoms with Crippen LogP contribution in [-0.4, -0.2) is 35.8 Å². The van der Waals surface area contributed by atoms with Crippen molar-refractivity contribution in [3.63, 3.8) is 0 Å². The van der Waals surface area contributed by atoms with E-state index in [1.807, 2.05) is 12.1 Å². The minimum absolute atomic E-state index is 0.295. The first-order chi connectivity index (χ1) is 13.8. The Morgan fingerprint density at radius 1 is 1.07 bits per heavy atom. The summed E-state index contributed by atoms with van der Waals surface area (Å²) in [6.07, 6.45) is 2.18. The van der Waals surface area contributed by atoms with Crippen LogP contribution in [0.3, 0.4) is 0 Å². The lowest BCUT2D eigenvalue weighted by atomic mass is 10.1. The zero-order valence-corrected chi connectivity index (χ0v) is 16.4. The van der Waals surface area contributed by atoms with Crippen molar-refractivity contribution in [3.8, 4) is 22.8 Å². The molecule has 0 saturated carbocycles. The quantitative estimate of drug-likeness (QED) is 0.505. The first kappa shape index (κ1) is 17.1. The van der Waals surface area contributed by atoms with E-state index in [1.54, 1.807) is 4.90 Å². The second-order valence-corrected chi connectivity index (χ2v) is 7.28. The van der Waals surface area contributed by atoms with Crippen LogP contribution >= 0.6 is 0 Å². The third-order valence-electron chi connectivity index (χ3n) is 5.79. The molecular weight excluding hydrogens is 352 g/mol. The number of rotatable bonds is 6. The fourth-order valence-corrected chi connectivity index (χ4v) is 4.11. The molecule has 2 aromatic heterocycles. The minimum Gasteiger partial charge on any atom is -0.454 e. The predicted molar refractivity (Wildman–Crippen MR) is 108 cm³/mol. The molecule has 0 fully saturated rings. The average Bonchev–Trinajstić information content (AvgIpc) is 3.43. The number of aromatic nitrogens is 3. The summed E-state index contributed by atoms with van der Waals surface area (Å²) < 4.78 is 15.6. The third-order valence-corrected chi connectivity index (χ3v) is 5.79. The van der Waals surface area contributed by atoms with Gasteiger partial charge < -0.3 is 14.4 Å². The van der Waals surface area contributed by atoms with Gasteiger partial charge in [-0.1, -0.05) is 12.1 Å². The molecule has 0 amide bonds. The number of para-hydroxylation sites is 2. The van der Waals surface area contributed by atoms with Gasteiger partial charge in [-0.15, -0.1) is 0 Å². The number of H-pyrrole nitrogens is 1. The lowest BCUT2D eigenvalue weighted by molar-refractivity contribution is -0.912. The van der Waals surface area contributed by atoms with Gasteiger partial charge in [0.05, 0.1) is 13.1 Å². The first-order valence-corrected chi connectivity index (χ1v) is 10.0. The van der Waals surface area contributed by atoms with Crippen molar-refractivity contribution in [1.29, 1.82) is 0 Å². The highest BCUT2D eigenvalue weighted by molar-refractivity contribution is 5.77. The molecule has 2 aromatic carbocycles. The van der Waals surface area contributed by atoms with Crippen LogP contribution in [0.1, 0.15) is 13.8 Å². The summed E-state index contributed by atoms with van der Waals surface area (Å²) >= 11 is 0. The topological polar surface area (TPSA) is 47.0 Å². The van der Waals surface area contributed by atoms with Gasteiger partial charge in [-0.25, -0.2) is 9.55 Å². The van der Waals surface area contributed by atoms with E-state index in [-0.39, 0.29) is 0 Å². The number of likely N-dealkylation sites (N-methyl/N-ethyl adjacent to an activating group) is 1. The van der Waals surface area contributed by atoms with Gasteiger partial charge in [0.1, 0.15) is 36.0 Å². The summed E-state index contributed by atoms with van der Waals surface area (Å²) in [5.41, 5.74) is 4.65. The van der Waals surface area contributed by atoms with E-state index in [0.717, 1.165) is 54.7 Å². The van der Waals surface area contributed by atoms with Crippen molar-refractivity contribution in [1.82, 2.24) is 9.38 Å². The SMILES string of the molecule is CC[NH+](CC)CC[n+]1c2ccccc2n2cc(-c3ccc4c(c3)OCO4)[nH]c21. The van der Waals surface area contributed by atoms with Gasteiger partial charge in [0.25, 0.3) is 0 Å². The van der Waals surface area contributed by atoms with Gasteiger partial charge in [-0.2, -0.15) is 4.40 Å². The van der Waals surface area contributed by atoms with Gasteiger partial charge in [0.2, 0.25) is 6.79 Å². The molecule has 6 nitrogen and oxygen atoms in total. The van der Waals surface area contributed by atoms with Crippen LogP contribution in [0.4, 0.5) is 0 Å². The Morgan fingerprint density at radius 2 is 1.89 bits per heavy atom. The Labute approximate surface area is 163 Å². The molecule has 1 aliphatic rings. The molecule has 0 spiro atoms. The van der Waals surface area contributed by atoms with Crippen molar-refractivity contribution in [2.45, 2.75) is 20.4 Å². The fraction of sp³-hybridized carbons (Fsp3) is 0.318. The zero-order chi connectivity index (χ0) is 19.1. The molecule has 3 heterocycles. The van der Waals surface area contributed by atoms with Gasteiger partial charge in [-0.05, 0) is 44.2 Å². The van der Waals surface area contributed by atoms with Crippen molar-refractivity contribution in [3.05, 3.63) is 48.7 Å². The minimum atomic E-state index is 0.295. The molecule has 0 unspecified atom stereocenters. The summed E-state index contributed by atoms with van der Waals surface area (Å²) in [7, 11) is 0. The normalized spacial score (nSPS) is 13.2. The van der Waals surface area contributed by atoms with E-state index >= 15 is 0 Å². The summed E-state index contributed by atoms with van der Waals surface area (Å²) in [4.78, 5) is 5.25. The highest BCUT2D eigenvalue weighted by Gasteiger charge is 2.23. The van der Waals surface area contributed by atoms with Crippen molar-refractivity contribution in [2.75, 3.05) is 26.4 Å². The maximum atomic E-state index is 5.55. The van der Waals surface area contributed by atoms with Crippen molar-refractivity contribution in [2.24, 2.45) is 0 Å². The molecule has 0 radical (unpaired) electrons. The van der Waals surface area contributed by atoms with Crippen molar-refractivity contribution < 1.29 is 18.9 Å². The van der Waals surface area contributed by atoms with E-state index in [4.69, 9.17) is 9.47 Å². The molecule has 144 valence electrons. The summed E-state index contributed by atoms with van der Waals surface area (Å²) in [5.74, 6) is 2.73. The standard InChI is InChI=1S/C22H24N4O2/c1-3-24(4-2)11-12-25-18-7-5-6-8-19(18)26-14-17(23-22(25)26)16-9-10-20-21(13-16)28-15-27-20/h5-10,13-14H,3-4,11-12,15H2,1-2H3/p+2. The maximum absolute atomic E-state index is 5.55. The monoisotopic (exact) mass is 378 g/mol. The number of fused-ring (bicyclic) bond motifs is 4. The fourth-order valence-electron chi connectivity index (χ4n) is 4.11. The molecule has 5 rings (SSSR count). The van der Waals surface area contributed by atoms with Gasteiger partial charge >= 0.3 is 5.78 Å². The number of aromatic amines is 1. The van der Waals surface area contributed by atoms with E-state index in [2.05, 4.69) is 64.3 Å². The number of hydrogen-bond acceptors (Lipinski definition) is 2. The third kappa shape index (κ3) is 2.72. The molecule has 1 aliphatic heterocycles. The van der Waals surface area contributed by atoms with E-state index in [1.165, 1.54) is 11.0 Å². The molecule has 0 atom stereocenters. The largest absolute Gasteiger partial charge is 0.454 e. The van der Waals surface area contributed by atoms with Crippen LogP contribution in [-0.2, 0) is 6.54 Å². The Morgan fingerprint density at radius 3 is 2.75 bits per heavy atom. The van der Waals surface area contributed by atoms with Crippen LogP contribution < -0.4 is 18.9 Å². The molecule has 28 heavy (non-hydrogen) atoms. The lowest BCUT2D eigenvalue weighted by Crippen LogP contribution is -3.12. The Hall–Kier alpha value is -2.99. The van der Waals surface area contributed by atoms with Crippen LogP contribution in [0.15, 0.2) is 48.7 Å². The lowest BCUT2D eigenvalue weighted by Gasteiger charge is -2.14. The highest BCUT2D eigenvalue weighted by atomic mass is 16.7. The number of benzene rings is 2. The Balaban J connectivity index is 1.60.